The van der Waals surface area contributed by atoms with Gasteiger partial charge in [0, 0.05) is 23.0 Å². The summed E-state index contributed by atoms with van der Waals surface area (Å²) in [6, 6.07) is 12.6. The molecule has 28 heavy (non-hydrogen) atoms. The zero-order valence-electron chi connectivity index (χ0n) is 14.9. The Balaban J connectivity index is 1.62. The summed E-state index contributed by atoms with van der Waals surface area (Å²) in [6.07, 6.45) is 1.68. The predicted octanol–water partition coefficient (Wildman–Crippen LogP) is 2.92. The summed E-state index contributed by atoms with van der Waals surface area (Å²) in [5, 5.41) is 21.3. The van der Waals surface area contributed by atoms with Crippen molar-refractivity contribution in [2.75, 3.05) is 0 Å². The maximum Gasteiger partial charge on any atom is 0.342 e. The van der Waals surface area contributed by atoms with E-state index in [1.807, 2.05) is 13.0 Å². The van der Waals surface area contributed by atoms with E-state index in [-0.39, 0.29) is 34.9 Å². The molecule has 0 aliphatic rings. The van der Waals surface area contributed by atoms with E-state index in [9.17, 15) is 19.8 Å². The molecule has 2 N–H and O–H groups in total. The Hall–Kier alpha value is -3.87. The number of rotatable bonds is 3. The number of benzene rings is 2. The highest BCUT2D eigenvalue weighted by atomic mass is 16.5. The van der Waals surface area contributed by atoms with Crippen molar-refractivity contribution in [1.29, 1.82) is 0 Å². The fourth-order valence-corrected chi connectivity index (χ4v) is 3.05. The smallest absolute Gasteiger partial charge is 0.342 e. The van der Waals surface area contributed by atoms with Crippen LogP contribution in [0.25, 0.3) is 16.4 Å². The van der Waals surface area contributed by atoms with Crippen molar-refractivity contribution in [2.45, 2.75) is 13.5 Å². The summed E-state index contributed by atoms with van der Waals surface area (Å²) in [5.74, 6) is -1.25. The van der Waals surface area contributed by atoms with Gasteiger partial charge >= 0.3 is 5.97 Å². The summed E-state index contributed by atoms with van der Waals surface area (Å²) < 4.78 is 6.62. The quantitative estimate of drug-likeness (QED) is 0.421. The minimum atomic E-state index is -0.829. The van der Waals surface area contributed by atoms with Crippen molar-refractivity contribution in [1.82, 2.24) is 9.38 Å². The van der Waals surface area contributed by atoms with E-state index in [4.69, 9.17) is 4.74 Å². The maximum atomic E-state index is 12.4. The summed E-state index contributed by atoms with van der Waals surface area (Å²) >= 11 is 0. The molecule has 4 aromatic rings. The number of carbonyl (C=O) groups is 1. The number of aromatic hydroxyl groups is 2. The third-order valence-corrected chi connectivity index (χ3v) is 4.43. The molecule has 4 rings (SSSR count). The summed E-state index contributed by atoms with van der Waals surface area (Å²) in [6.45, 7) is 1.62. The molecular formula is C21H16N2O5. The van der Waals surface area contributed by atoms with Crippen molar-refractivity contribution in [3.05, 3.63) is 81.9 Å². The number of fused-ring (bicyclic) bond motifs is 2. The number of esters is 1. The molecule has 0 aliphatic carbocycles. The molecule has 2 heterocycles. The SMILES string of the molecule is Cc1ccc2nc(COC(=O)c3cc(O)c4ccccc4c3O)cc(=O)n2c1. The zero-order valence-corrected chi connectivity index (χ0v) is 14.9. The Morgan fingerprint density at radius 2 is 1.86 bits per heavy atom. The van der Waals surface area contributed by atoms with Gasteiger partial charge in [0.05, 0.1) is 5.69 Å². The van der Waals surface area contributed by atoms with Crippen LogP contribution in [0.3, 0.4) is 0 Å². The van der Waals surface area contributed by atoms with Crippen LogP contribution in [0.2, 0.25) is 0 Å². The second-order valence-corrected chi connectivity index (χ2v) is 6.43. The van der Waals surface area contributed by atoms with Crippen molar-refractivity contribution in [2.24, 2.45) is 0 Å². The molecular weight excluding hydrogens is 360 g/mol. The summed E-state index contributed by atoms with van der Waals surface area (Å²) in [7, 11) is 0. The van der Waals surface area contributed by atoms with Gasteiger partial charge in [0.1, 0.15) is 29.3 Å². The van der Waals surface area contributed by atoms with Crippen LogP contribution in [0.1, 0.15) is 21.6 Å². The van der Waals surface area contributed by atoms with Gasteiger partial charge in [-0.1, -0.05) is 30.3 Å². The van der Waals surface area contributed by atoms with Gasteiger partial charge in [-0.25, -0.2) is 9.78 Å². The first-order valence-electron chi connectivity index (χ1n) is 8.54. The van der Waals surface area contributed by atoms with Crippen molar-refractivity contribution in [3.63, 3.8) is 0 Å². The van der Waals surface area contributed by atoms with E-state index in [0.29, 0.717) is 16.4 Å². The number of phenols is 2. The van der Waals surface area contributed by atoms with Gasteiger partial charge in [-0.3, -0.25) is 9.20 Å². The number of hydrogen-bond acceptors (Lipinski definition) is 6. The molecule has 7 heteroatoms. The van der Waals surface area contributed by atoms with Gasteiger partial charge in [0.15, 0.2) is 0 Å². The first-order chi connectivity index (χ1) is 13.4. The number of carbonyl (C=O) groups excluding carboxylic acids is 1. The number of phenolic OH excluding ortho intramolecular Hbond substituents is 2. The molecule has 0 unspecified atom stereocenters. The topological polar surface area (TPSA) is 101 Å². The van der Waals surface area contributed by atoms with Crippen LogP contribution < -0.4 is 5.56 Å². The van der Waals surface area contributed by atoms with E-state index in [0.717, 1.165) is 11.6 Å². The highest BCUT2D eigenvalue weighted by Crippen LogP contribution is 2.35. The van der Waals surface area contributed by atoms with Crippen LogP contribution >= 0.6 is 0 Å². The van der Waals surface area contributed by atoms with Crippen LogP contribution in [0.15, 0.2) is 59.5 Å². The average molecular weight is 376 g/mol. The molecule has 2 aromatic heterocycles. The second-order valence-electron chi connectivity index (χ2n) is 6.43. The Bertz CT molecular complexity index is 1290. The number of aromatic nitrogens is 2. The largest absolute Gasteiger partial charge is 0.507 e. The molecule has 0 bridgehead atoms. The zero-order chi connectivity index (χ0) is 19.8. The molecule has 0 atom stereocenters. The number of aryl methyl sites for hydroxylation is 1. The van der Waals surface area contributed by atoms with E-state index in [2.05, 4.69) is 4.98 Å². The van der Waals surface area contributed by atoms with Gasteiger partial charge in [-0.15, -0.1) is 0 Å². The van der Waals surface area contributed by atoms with Crippen molar-refractivity contribution in [3.8, 4) is 11.5 Å². The molecule has 0 spiro atoms. The maximum absolute atomic E-state index is 12.4. The van der Waals surface area contributed by atoms with Gasteiger partial charge in [-0.2, -0.15) is 0 Å². The lowest BCUT2D eigenvalue weighted by molar-refractivity contribution is 0.0464. The molecule has 2 aromatic carbocycles. The Morgan fingerprint density at radius 3 is 2.64 bits per heavy atom. The van der Waals surface area contributed by atoms with E-state index >= 15 is 0 Å². The normalized spacial score (nSPS) is 11.0. The van der Waals surface area contributed by atoms with Gasteiger partial charge in [0.25, 0.3) is 5.56 Å². The van der Waals surface area contributed by atoms with E-state index in [1.54, 1.807) is 36.5 Å². The number of hydrogen-bond donors (Lipinski definition) is 2. The average Bonchev–Trinajstić information content (AvgIpc) is 2.69. The molecule has 0 saturated carbocycles. The van der Waals surface area contributed by atoms with E-state index < -0.39 is 5.97 Å². The van der Waals surface area contributed by atoms with Crippen LogP contribution in [-0.2, 0) is 11.3 Å². The van der Waals surface area contributed by atoms with Crippen molar-refractivity contribution >= 4 is 22.4 Å². The van der Waals surface area contributed by atoms with Crippen molar-refractivity contribution < 1.29 is 19.7 Å². The number of ether oxygens (including phenoxy) is 1. The first kappa shape index (κ1) is 17.5. The minimum Gasteiger partial charge on any atom is -0.507 e. The highest BCUT2D eigenvalue weighted by molar-refractivity contribution is 6.03. The summed E-state index contributed by atoms with van der Waals surface area (Å²) in [5.41, 5.74) is 1.19. The predicted molar refractivity (Wildman–Crippen MR) is 103 cm³/mol. The highest BCUT2D eigenvalue weighted by Gasteiger charge is 2.18. The fraction of sp³-hybridized carbons (Fsp3) is 0.0952. The monoisotopic (exact) mass is 376 g/mol. The van der Waals surface area contributed by atoms with Gasteiger partial charge < -0.3 is 14.9 Å². The molecule has 0 amide bonds. The van der Waals surface area contributed by atoms with E-state index in [1.165, 1.54) is 10.5 Å². The molecule has 140 valence electrons. The minimum absolute atomic E-state index is 0.141. The number of pyridine rings is 1. The van der Waals surface area contributed by atoms with Gasteiger partial charge in [-0.05, 0) is 24.6 Å². The lowest BCUT2D eigenvalue weighted by atomic mass is 10.0. The van der Waals surface area contributed by atoms with Crippen LogP contribution in [-0.4, -0.2) is 25.6 Å². The second kappa shape index (κ2) is 6.70. The fourth-order valence-electron chi connectivity index (χ4n) is 3.05. The molecule has 0 radical (unpaired) electrons. The lowest BCUT2D eigenvalue weighted by Crippen LogP contribution is -2.17. The Morgan fingerprint density at radius 1 is 1.11 bits per heavy atom. The first-order valence-corrected chi connectivity index (χ1v) is 8.54. The standard InChI is InChI=1S/C21H16N2O5/c1-12-6-7-18-22-13(8-19(25)23(18)10-12)11-28-21(27)16-9-17(24)14-4-2-3-5-15(14)20(16)26/h2-10,24,26H,11H2,1H3. The molecule has 0 saturated heterocycles. The van der Waals surface area contributed by atoms with Gasteiger partial charge in [0.2, 0.25) is 0 Å². The van der Waals surface area contributed by atoms with Crippen LogP contribution in [0.5, 0.6) is 11.5 Å². The number of nitrogens with zero attached hydrogens (tertiary/aromatic N) is 2. The summed E-state index contributed by atoms with van der Waals surface area (Å²) in [4.78, 5) is 29.0. The molecule has 0 fully saturated rings. The molecule has 0 aliphatic heterocycles. The Kier molecular flexibility index (Phi) is 4.19. The van der Waals surface area contributed by atoms with Crippen LogP contribution in [0.4, 0.5) is 0 Å². The lowest BCUT2D eigenvalue weighted by Gasteiger charge is -2.10. The Labute approximate surface area is 159 Å². The molecule has 7 nitrogen and oxygen atoms in total. The third-order valence-electron chi connectivity index (χ3n) is 4.43. The van der Waals surface area contributed by atoms with Crippen LogP contribution in [0, 0.1) is 6.92 Å². The third kappa shape index (κ3) is 3.03.